The van der Waals surface area contributed by atoms with E-state index in [4.69, 9.17) is 24.0 Å². The predicted molar refractivity (Wildman–Crippen MR) is 151 cm³/mol. The molecule has 10 nitrogen and oxygen atoms in total. The quantitative estimate of drug-likeness (QED) is 0.241. The van der Waals surface area contributed by atoms with E-state index in [0.717, 1.165) is 35.3 Å². The second-order valence-corrected chi connectivity index (χ2v) is 10.2. The Morgan fingerprint density at radius 2 is 1.88 bits per heavy atom. The van der Waals surface area contributed by atoms with Gasteiger partial charge in [0.05, 0.1) is 30.0 Å². The molecule has 5 rings (SSSR count). The van der Waals surface area contributed by atoms with E-state index in [1.54, 1.807) is 48.9 Å². The maximum atomic E-state index is 13.3. The second-order valence-electron chi connectivity index (χ2n) is 10.2. The number of nitrogens with one attached hydrogen (secondary N) is 1. The van der Waals surface area contributed by atoms with Gasteiger partial charge in [0.1, 0.15) is 23.9 Å². The van der Waals surface area contributed by atoms with Gasteiger partial charge < -0.3 is 28.9 Å². The molecule has 0 radical (unpaired) electrons. The smallest absolute Gasteiger partial charge is 0.341 e. The summed E-state index contributed by atoms with van der Waals surface area (Å²) in [5, 5.41) is 11.6. The van der Waals surface area contributed by atoms with Crippen molar-refractivity contribution in [3.8, 4) is 17.1 Å². The molecule has 0 spiro atoms. The predicted octanol–water partition coefficient (Wildman–Crippen LogP) is 5.17. The number of hydrogen-bond acceptors (Lipinski definition) is 7. The normalized spacial score (nSPS) is 14.5. The fraction of sp³-hybridized carbons (Fsp3) is 0.355. The number of carboxylic acids is 1. The Bertz CT molecular complexity index is 1500. The number of aryl methyl sites for hydroxylation is 1. The highest BCUT2D eigenvalue weighted by Crippen LogP contribution is 2.36. The number of carboxylic acid groups (broad SMARTS) is 1. The number of carbonyl (C=O) groups is 3. The lowest BCUT2D eigenvalue weighted by atomic mass is 9.95. The van der Waals surface area contributed by atoms with Gasteiger partial charge in [-0.15, -0.1) is 0 Å². The number of imidazole rings is 1. The van der Waals surface area contributed by atoms with E-state index < -0.39 is 30.5 Å². The first kappa shape index (κ1) is 27.9. The summed E-state index contributed by atoms with van der Waals surface area (Å²) in [5.41, 5.74) is 3.87. The molecule has 1 saturated carbocycles. The summed E-state index contributed by atoms with van der Waals surface area (Å²) in [4.78, 5) is 41.4. The van der Waals surface area contributed by atoms with E-state index in [0.29, 0.717) is 35.7 Å². The van der Waals surface area contributed by atoms with Crippen molar-refractivity contribution in [3.63, 3.8) is 0 Å². The zero-order valence-corrected chi connectivity index (χ0v) is 22.9. The molecule has 1 amide bonds. The monoisotopic (exact) mass is 559 g/mol. The lowest BCUT2D eigenvalue weighted by molar-refractivity contribution is -0.143. The fourth-order valence-electron chi connectivity index (χ4n) is 5.39. The van der Waals surface area contributed by atoms with E-state index >= 15 is 0 Å². The molecule has 2 N–H and O–H groups in total. The Morgan fingerprint density at radius 1 is 1.10 bits per heavy atom. The first-order valence-electron chi connectivity index (χ1n) is 13.8. The van der Waals surface area contributed by atoms with Gasteiger partial charge in [-0.2, -0.15) is 0 Å². The van der Waals surface area contributed by atoms with Crippen LogP contribution in [0.3, 0.4) is 0 Å². The molecule has 0 bridgehead atoms. The second kappa shape index (κ2) is 12.7. The van der Waals surface area contributed by atoms with Crippen molar-refractivity contribution in [1.29, 1.82) is 0 Å². The SMILES string of the molecule is COC(=O)[C@H](CCc1ccc(OCC(=O)O)cc1)NC(=O)c1ccc2c(c1)nc(-c1ccoc1)n2C1CCCCC1. The van der Waals surface area contributed by atoms with Crippen molar-refractivity contribution in [2.45, 2.75) is 57.0 Å². The summed E-state index contributed by atoms with van der Waals surface area (Å²) in [6.45, 7) is -0.424. The number of amides is 1. The first-order valence-corrected chi connectivity index (χ1v) is 13.8. The summed E-state index contributed by atoms with van der Waals surface area (Å²) in [6, 6.07) is 13.8. The molecule has 4 aromatic rings. The molecule has 2 aromatic carbocycles. The summed E-state index contributed by atoms with van der Waals surface area (Å²) in [7, 11) is 1.29. The largest absolute Gasteiger partial charge is 0.482 e. The maximum Gasteiger partial charge on any atom is 0.341 e. The van der Waals surface area contributed by atoms with Gasteiger partial charge >= 0.3 is 11.9 Å². The zero-order chi connectivity index (χ0) is 28.8. The van der Waals surface area contributed by atoms with Crippen LogP contribution in [0.15, 0.2) is 65.5 Å². The molecule has 1 fully saturated rings. The molecular formula is C31H33N3O7. The summed E-state index contributed by atoms with van der Waals surface area (Å²) in [5.74, 6) is -0.724. The average Bonchev–Trinajstić information content (AvgIpc) is 3.66. The number of fused-ring (bicyclic) bond motifs is 1. The van der Waals surface area contributed by atoms with Crippen molar-refractivity contribution >= 4 is 28.9 Å². The number of aromatic nitrogens is 2. The lowest BCUT2D eigenvalue weighted by Gasteiger charge is -2.25. The van der Waals surface area contributed by atoms with Gasteiger partial charge in [0.2, 0.25) is 0 Å². The third kappa shape index (κ3) is 6.59. The third-order valence-corrected chi connectivity index (χ3v) is 7.47. The van der Waals surface area contributed by atoms with Crippen LogP contribution < -0.4 is 10.1 Å². The molecule has 1 aliphatic carbocycles. The molecule has 10 heteroatoms. The number of carbonyl (C=O) groups excluding carboxylic acids is 2. The number of methoxy groups -OCH3 is 1. The lowest BCUT2D eigenvalue weighted by Crippen LogP contribution is -2.41. The maximum absolute atomic E-state index is 13.3. The van der Waals surface area contributed by atoms with Gasteiger partial charge in [0, 0.05) is 11.6 Å². The summed E-state index contributed by atoms with van der Waals surface area (Å²) >= 11 is 0. The molecule has 41 heavy (non-hydrogen) atoms. The Hall–Kier alpha value is -4.60. The van der Waals surface area contributed by atoms with Gasteiger partial charge in [-0.1, -0.05) is 31.4 Å². The number of rotatable bonds is 11. The van der Waals surface area contributed by atoms with Crippen LogP contribution in [0.25, 0.3) is 22.4 Å². The molecule has 0 saturated heterocycles. The molecule has 1 aliphatic rings. The molecule has 0 unspecified atom stereocenters. The van der Waals surface area contributed by atoms with Crippen LogP contribution in [0.4, 0.5) is 0 Å². The summed E-state index contributed by atoms with van der Waals surface area (Å²) in [6.07, 6.45) is 9.87. The Morgan fingerprint density at radius 3 is 2.56 bits per heavy atom. The fourth-order valence-corrected chi connectivity index (χ4v) is 5.39. The minimum Gasteiger partial charge on any atom is -0.482 e. The van der Waals surface area contributed by atoms with Gasteiger partial charge in [0.25, 0.3) is 5.91 Å². The van der Waals surface area contributed by atoms with E-state index in [-0.39, 0.29) is 0 Å². The zero-order valence-electron chi connectivity index (χ0n) is 22.9. The van der Waals surface area contributed by atoms with Gasteiger partial charge in [0.15, 0.2) is 6.61 Å². The number of ether oxygens (including phenoxy) is 2. The van der Waals surface area contributed by atoms with E-state index in [2.05, 4.69) is 9.88 Å². The molecular weight excluding hydrogens is 526 g/mol. The van der Waals surface area contributed by atoms with Crippen molar-refractivity contribution < 1.29 is 33.4 Å². The standard InChI is InChI=1S/C31H33N3O7/c1-39-31(38)25(13-9-20-7-11-24(12-8-20)41-19-28(35)36)33-30(37)21-10-14-27-26(17-21)32-29(22-15-16-40-18-22)34(27)23-5-3-2-4-6-23/h7-8,10-12,14-18,23,25H,2-6,9,13,19H2,1H3,(H,33,37)(H,35,36)/t25-/m0/s1. The Labute approximate surface area is 237 Å². The van der Waals surface area contributed by atoms with E-state index in [1.165, 1.54) is 26.4 Å². The number of benzene rings is 2. The topological polar surface area (TPSA) is 133 Å². The van der Waals surface area contributed by atoms with Crippen molar-refractivity contribution in [2.75, 3.05) is 13.7 Å². The number of esters is 1. The molecule has 2 aromatic heterocycles. The van der Waals surface area contributed by atoms with Crippen molar-refractivity contribution in [2.24, 2.45) is 0 Å². The average molecular weight is 560 g/mol. The Balaban J connectivity index is 1.32. The molecule has 2 heterocycles. The van der Waals surface area contributed by atoms with E-state index in [9.17, 15) is 14.4 Å². The first-order chi connectivity index (χ1) is 19.9. The van der Waals surface area contributed by atoms with Gasteiger partial charge in [-0.25, -0.2) is 14.6 Å². The molecule has 214 valence electrons. The van der Waals surface area contributed by atoms with Gasteiger partial charge in [-0.05, 0) is 67.6 Å². The minimum atomic E-state index is -1.05. The highest BCUT2D eigenvalue weighted by molar-refractivity contribution is 5.99. The van der Waals surface area contributed by atoms with Crippen LogP contribution in [-0.2, 0) is 20.7 Å². The number of furan rings is 1. The number of hydrogen-bond donors (Lipinski definition) is 2. The van der Waals surface area contributed by atoms with Crippen LogP contribution in [0.2, 0.25) is 0 Å². The van der Waals surface area contributed by atoms with Crippen molar-refractivity contribution in [3.05, 3.63) is 72.2 Å². The van der Waals surface area contributed by atoms with Gasteiger partial charge in [-0.3, -0.25) is 4.79 Å². The van der Waals surface area contributed by atoms with Crippen LogP contribution in [0.5, 0.6) is 5.75 Å². The molecule has 0 aliphatic heterocycles. The van der Waals surface area contributed by atoms with Crippen LogP contribution in [-0.4, -0.2) is 52.3 Å². The van der Waals surface area contributed by atoms with Crippen LogP contribution in [0, 0.1) is 0 Å². The minimum absolute atomic E-state index is 0.316. The van der Waals surface area contributed by atoms with Crippen molar-refractivity contribution in [1.82, 2.24) is 14.9 Å². The third-order valence-electron chi connectivity index (χ3n) is 7.47. The van der Waals surface area contributed by atoms with E-state index in [1.807, 2.05) is 12.1 Å². The Kier molecular flexibility index (Phi) is 8.67. The highest BCUT2D eigenvalue weighted by atomic mass is 16.5. The highest BCUT2D eigenvalue weighted by Gasteiger charge is 2.25. The van der Waals surface area contributed by atoms with Crippen LogP contribution in [0.1, 0.15) is 60.5 Å². The van der Waals surface area contributed by atoms with Crippen LogP contribution >= 0.6 is 0 Å². The number of nitrogens with zero attached hydrogens (tertiary/aromatic N) is 2. The summed E-state index contributed by atoms with van der Waals surface area (Å²) < 4.78 is 17.7. The number of aliphatic carboxylic acids is 1. The molecule has 1 atom stereocenters.